The summed E-state index contributed by atoms with van der Waals surface area (Å²) in [6.45, 7) is 2.70. The molecule has 0 bridgehead atoms. The van der Waals surface area contributed by atoms with Gasteiger partial charge >= 0.3 is 0 Å². The summed E-state index contributed by atoms with van der Waals surface area (Å²) in [7, 11) is 0. The van der Waals surface area contributed by atoms with E-state index in [1.54, 1.807) is 0 Å². The van der Waals surface area contributed by atoms with Crippen molar-refractivity contribution in [3.8, 4) is 0 Å². The van der Waals surface area contributed by atoms with Crippen molar-refractivity contribution in [2.45, 2.75) is 96.8 Å². The van der Waals surface area contributed by atoms with Gasteiger partial charge in [0.05, 0.1) is 13.2 Å². The molecule has 0 atom stereocenters. The van der Waals surface area contributed by atoms with Crippen molar-refractivity contribution < 1.29 is 24.5 Å². The number of allylic oxidation sites excluding steroid dienone is 2. The highest BCUT2D eigenvalue weighted by Gasteiger charge is 2.11. The van der Waals surface area contributed by atoms with Crippen molar-refractivity contribution in [2.24, 2.45) is 5.73 Å². The summed E-state index contributed by atoms with van der Waals surface area (Å²) in [5, 5.41) is 18.2. The Balaban J connectivity index is 4.46. The van der Waals surface area contributed by atoms with Crippen LogP contribution in [-0.2, 0) is 14.3 Å². The molecule has 0 aromatic heterocycles. The lowest BCUT2D eigenvalue weighted by atomic mass is 10.1. The third kappa shape index (κ3) is 16.9. The van der Waals surface area contributed by atoms with Crippen LogP contribution in [0, 0.1) is 0 Å². The Kier molecular flexibility index (Phi) is 19.5. The van der Waals surface area contributed by atoms with Gasteiger partial charge in [0.15, 0.2) is 0 Å². The maximum absolute atomic E-state index is 10.7. The first kappa shape index (κ1) is 26.7. The van der Waals surface area contributed by atoms with Crippen molar-refractivity contribution in [3.63, 3.8) is 0 Å². The lowest BCUT2D eigenvalue weighted by molar-refractivity contribution is -0.118. The summed E-state index contributed by atoms with van der Waals surface area (Å²) in [5.41, 5.74) is 5.15. The molecule has 0 radical (unpaired) electrons. The number of aliphatic hydroxyl groups excluding tert-OH is 2. The van der Waals surface area contributed by atoms with Gasteiger partial charge in [-0.25, -0.2) is 0 Å². The van der Waals surface area contributed by atoms with E-state index in [-0.39, 0.29) is 32.3 Å². The first-order chi connectivity index (χ1) is 13.7. The van der Waals surface area contributed by atoms with E-state index in [0.29, 0.717) is 6.42 Å². The average Bonchev–Trinajstić information content (AvgIpc) is 2.68. The number of hydrogen-bond donors (Lipinski definition) is 3. The van der Waals surface area contributed by atoms with E-state index in [4.69, 9.17) is 25.4 Å². The van der Waals surface area contributed by atoms with E-state index in [2.05, 4.69) is 6.92 Å². The Hall–Kier alpha value is -1.27. The predicted octanol–water partition coefficient (Wildman–Crippen LogP) is 4.18. The normalized spacial score (nSPS) is 12.0. The second-order valence-electron chi connectivity index (χ2n) is 7.24. The summed E-state index contributed by atoms with van der Waals surface area (Å²) in [5.74, 6) is 1.41. The van der Waals surface area contributed by atoms with Crippen LogP contribution in [0.2, 0.25) is 0 Å². The Morgan fingerprint density at radius 3 is 1.46 bits per heavy atom. The van der Waals surface area contributed by atoms with Crippen LogP contribution in [0.15, 0.2) is 11.5 Å². The molecule has 1 amide bonds. The summed E-state index contributed by atoms with van der Waals surface area (Å²) >= 11 is 0. The molecule has 166 valence electrons. The van der Waals surface area contributed by atoms with Gasteiger partial charge in [0, 0.05) is 19.3 Å². The maximum atomic E-state index is 10.7. The minimum atomic E-state index is -0.233. The van der Waals surface area contributed by atoms with Gasteiger partial charge < -0.3 is 25.4 Å². The zero-order valence-electron chi connectivity index (χ0n) is 17.9. The highest BCUT2D eigenvalue weighted by molar-refractivity contribution is 5.73. The summed E-state index contributed by atoms with van der Waals surface area (Å²) in [6, 6.07) is 0. The average molecular weight is 402 g/mol. The molecule has 0 aromatic carbocycles. The molecular weight excluding hydrogens is 358 g/mol. The molecule has 0 unspecified atom stereocenters. The van der Waals surface area contributed by atoms with Crippen LogP contribution in [0.1, 0.15) is 96.8 Å². The fourth-order valence-electron chi connectivity index (χ4n) is 3.10. The second-order valence-corrected chi connectivity index (χ2v) is 7.24. The van der Waals surface area contributed by atoms with Crippen LogP contribution >= 0.6 is 0 Å². The van der Waals surface area contributed by atoms with Crippen LogP contribution < -0.4 is 5.73 Å². The van der Waals surface area contributed by atoms with Gasteiger partial charge in [0.1, 0.15) is 24.7 Å². The summed E-state index contributed by atoms with van der Waals surface area (Å²) < 4.78 is 11.5. The molecular formula is C22H43NO5. The number of aliphatic hydroxyl groups is 2. The highest BCUT2D eigenvalue weighted by Crippen LogP contribution is 2.22. The number of nitrogens with two attached hydrogens (primary N) is 1. The standard InChI is InChI=1S/C22H43NO5/c1-2-3-4-5-7-10-13-20(27-18-16-24)21(28-19-17-25)14-11-8-6-9-12-15-22(23)26/h24-25H,2-19H2,1H3,(H2,23,26)/b21-20-. The highest BCUT2D eigenvalue weighted by atomic mass is 16.5. The van der Waals surface area contributed by atoms with Crippen molar-refractivity contribution in [3.05, 3.63) is 11.5 Å². The molecule has 0 heterocycles. The molecule has 28 heavy (non-hydrogen) atoms. The van der Waals surface area contributed by atoms with Crippen molar-refractivity contribution in [1.29, 1.82) is 0 Å². The van der Waals surface area contributed by atoms with Gasteiger partial charge in [0.25, 0.3) is 0 Å². The van der Waals surface area contributed by atoms with E-state index in [9.17, 15) is 4.79 Å². The van der Waals surface area contributed by atoms with Crippen LogP contribution in [0.3, 0.4) is 0 Å². The number of ether oxygens (including phenoxy) is 2. The zero-order valence-corrected chi connectivity index (χ0v) is 17.9. The van der Waals surface area contributed by atoms with E-state index in [1.165, 1.54) is 32.1 Å². The van der Waals surface area contributed by atoms with E-state index in [1.807, 2.05) is 0 Å². The minimum Gasteiger partial charge on any atom is -0.492 e. The molecule has 4 N–H and O–H groups in total. The monoisotopic (exact) mass is 401 g/mol. The van der Waals surface area contributed by atoms with Crippen molar-refractivity contribution in [2.75, 3.05) is 26.4 Å². The number of rotatable bonds is 21. The molecule has 0 aromatic rings. The van der Waals surface area contributed by atoms with Crippen molar-refractivity contribution >= 4 is 5.91 Å². The van der Waals surface area contributed by atoms with Crippen LogP contribution in [-0.4, -0.2) is 42.5 Å². The number of carbonyl (C=O) groups is 1. The Bertz CT molecular complexity index is 398. The van der Waals surface area contributed by atoms with Crippen LogP contribution in [0.5, 0.6) is 0 Å². The topological polar surface area (TPSA) is 102 Å². The van der Waals surface area contributed by atoms with Crippen molar-refractivity contribution in [1.82, 2.24) is 0 Å². The van der Waals surface area contributed by atoms with Crippen LogP contribution in [0.25, 0.3) is 0 Å². The van der Waals surface area contributed by atoms with Gasteiger partial charge in [0.2, 0.25) is 5.91 Å². The smallest absolute Gasteiger partial charge is 0.217 e. The summed E-state index contributed by atoms with van der Waals surface area (Å²) in [6.07, 6.45) is 14.2. The fraction of sp³-hybridized carbons (Fsp3) is 0.864. The van der Waals surface area contributed by atoms with Gasteiger partial charge in [-0.1, -0.05) is 58.3 Å². The quantitative estimate of drug-likeness (QED) is 0.198. The third-order valence-corrected chi connectivity index (χ3v) is 4.63. The molecule has 0 aliphatic rings. The maximum Gasteiger partial charge on any atom is 0.217 e. The van der Waals surface area contributed by atoms with Gasteiger partial charge in [-0.05, 0) is 19.3 Å². The first-order valence-electron chi connectivity index (χ1n) is 11.1. The summed E-state index contributed by atoms with van der Waals surface area (Å²) in [4.78, 5) is 10.7. The molecule has 0 rings (SSSR count). The van der Waals surface area contributed by atoms with Gasteiger partial charge in [-0.15, -0.1) is 0 Å². The number of amides is 1. The molecule has 6 heteroatoms. The molecule has 0 fully saturated rings. The Morgan fingerprint density at radius 1 is 0.679 bits per heavy atom. The molecule has 0 saturated heterocycles. The zero-order chi connectivity index (χ0) is 20.9. The van der Waals surface area contributed by atoms with Gasteiger partial charge in [-0.2, -0.15) is 0 Å². The Morgan fingerprint density at radius 2 is 1.07 bits per heavy atom. The number of carbonyl (C=O) groups excluding carboxylic acids is 1. The molecule has 0 saturated carbocycles. The lowest BCUT2D eigenvalue weighted by Gasteiger charge is -2.17. The van der Waals surface area contributed by atoms with Gasteiger partial charge in [-0.3, -0.25) is 4.79 Å². The fourth-order valence-corrected chi connectivity index (χ4v) is 3.10. The molecule has 0 aliphatic carbocycles. The number of hydrogen-bond acceptors (Lipinski definition) is 5. The first-order valence-corrected chi connectivity index (χ1v) is 11.1. The molecule has 6 nitrogen and oxygen atoms in total. The van der Waals surface area contributed by atoms with E-state index >= 15 is 0 Å². The van der Waals surface area contributed by atoms with E-state index in [0.717, 1.165) is 62.9 Å². The Labute approximate surface area is 171 Å². The number of primary amides is 1. The van der Waals surface area contributed by atoms with Crippen LogP contribution in [0.4, 0.5) is 0 Å². The predicted molar refractivity (Wildman–Crippen MR) is 113 cm³/mol. The molecule has 0 aliphatic heterocycles. The largest absolute Gasteiger partial charge is 0.492 e. The number of unbranched alkanes of at least 4 members (excludes halogenated alkanes) is 9. The third-order valence-electron chi connectivity index (χ3n) is 4.63. The van der Waals surface area contributed by atoms with E-state index < -0.39 is 0 Å². The lowest BCUT2D eigenvalue weighted by Crippen LogP contribution is -2.09. The second kappa shape index (κ2) is 20.5. The minimum absolute atomic E-state index is 0.0207. The molecule has 0 spiro atoms. The SMILES string of the molecule is CCCCCCCC/C(OCCO)=C(\CCCCCCCC(N)=O)OCCO.